The Bertz CT molecular complexity index is 455. The first-order valence-corrected chi connectivity index (χ1v) is 4.97. The zero-order chi connectivity index (χ0) is 13.0. The second-order valence-electron chi connectivity index (χ2n) is 2.98. The summed E-state index contributed by atoms with van der Waals surface area (Å²) in [6.45, 7) is 0. The normalized spacial score (nSPS) is 9.65. The predicted octanol–water partition coefficient (Wildman–Crippen LogP) is 1.71. The maximum absolute atomic E-state index is 11.7. The van der Waals surface area contributed by atoms with E-state index < -0.39 is 11.8 Å². The van der Waals surface area contributed by atoms with E-state index in [1.54, 1.807) is 0 Å². The Balaban J connectivity index is 3.31. The third-order valence-corrected chi connectivity index (χ3v) is 2.46. The molecule has 0 aliphatic rings. The van der Waals surface area contributed by atoms with Gasteiger partial charge in [-0.2, -0.15) is 0 Å². The first-order chi connectivity index (χ1) is 8.06. The molecule has 0 unspecified atom stereocenters. The lowest BCUT2D eigenvalue weighted by atomic mass is 10.1. The van der Waals surface area contributed by atoms with Gasteiger partial charge in [-0.05, 0) is 12.1 Å². The molecule has 0 saturated carbocycles. The number of rotatable bonds is 4. The van der Waals surface area contributed by atoms with Gasteiger partial charge in [-0.25, -0.2) is 4.79 Å². The Kier molecular flexibility index (Phi) is 4.34. The molecule has 92 valence electrons. The highest BCUT2D eigenvalue weighted by Crippen LogP contribution is 2.37. The number of carbonyl (C=O) groups is 2. The molecule has 5 nitrogen and oxygen atoms in total. The Hall–Kier alpha value is -1.75. The second-order valence-corrected chi connectivity index (χ2v) is 3.36. The minimum atomic E-state index is -0.982. The largest absolute Gasteiger partial charge is 0.495 e. The number of ether oxygens (including phenoxy) is 3. The van der Waals surface area contributed by atoms with Gasteiger partial charge in [0.15, 0.2) is 5.75 Å². The molecular formula is C11H11ClO5. The maximum atomic E-state index is 11.7. The lowest BCUT2D eigenvalue weighted by Crippen LogP contribution is -2.16. The van der Waals surface area contributed by atoms with Crippen LogP contribution in [0.2, 0.25) is 5.02 Å². The van der Waals surface area contributed by atoms with Crippen LogP contribution in [0.25, 0.3) is 0 Å². The van der Waals surface area contributed by atoms with Crippen molar-refractivity contribution >= 4 is 23.4 Å². The van der Waals surface area contributed by atoms with Crippen molar-refractivity contribution < 1.29 is 23.8 Å². The number of Topliss-reactive ketones (excluding diaryl/α,β-unsaturated/α-hetero) is 1. The molecule has 0 saturated heterocycles. The third-order valence-electron chi connectivity index (χ3n) is 2.10. The van der Waals surface area contributed by atoms with Gasteiger partial charge in [0.1, 0.15) is 10.8 Å². The molecule has 0 aliphatic heterocycles. The smallest absolute Gasteiger partial charge is 0.379 e. The summed E-state index contributed by atoms with van der Waals surface area (Å²) in [5.74, 6) is -1.37. The highest BCUT2D eigenvalue weighted by atomic mass is 35.5. The van der Waals surface area contributed by atoms with Crippen molar-refractivity contribution in [2.45, 2.75) is 0 Å². The van der Waals surface area contributed by atoms with Crippen LogP contribution in [0.1, 0.15) is 10.4 Å². The molecule has 0 aliphatic carbocycles. The molecule has 1 aromatic carbocycles. The number of halogens is 1. The number of esters is 1. The van der Waals surface area contributed by atoms with Crippen LogP contribution in [0.4, 0.5) is 0 Å². The standard InChI is InChI=1S/C11H11ClO5/c1-15-7-5-4-6(9(13)11(14)17-3)10(16-2)8(7)12/h4-5H,1-3H3. The maximum Gasteiger partial charge on any atom is 0.379 e. The number of carbonyl (C=O) groups excluding carboxylic acids is 2. The van der Waals surface area contributed by atoms with Crippen LogP contribution in [0.3, 0.4) is 0 Å². The second kappa shape index (κ2) is 5.54. The van der Waals surface area contributed by atoms with Crippen LogP contribution in [-0.2, 0) is 9.53 Å². The molecule has 0 amide bonds. The summed E-state index contributed by atoms with van der Waals surface area (Å²) in [4.78, 5) is 22.8. The summed E-state index contributed by atoms with van der Waals surface area (Å²) < 4.78 is 14.3. The molecule has 0 fully saturated rings. The van der Waals surface area contributed by atoms with Gasteiger partial charge in [0, 0.05) is 0 Å². The van der Waals surface area contributed by atoms with Crippen molar-refractivity contribution in [3.05, 3.63) is 22.7 Å². The monoisotopic (exact) mass is 258 g/mol. The number of ketones is 1. The molecule has 0 radical (unpaired) electrons. The van der Waals surface area contributed by atoms with Crippen molar-refractivity contribution in [3.63, 3.8) is 0 Å². The van der Waals surface area contributed by atoms with Gasteiger partial charge in [-0.3, -0.25) is 4.79 Å². The van der Waals surface area contributed by atoms with Gasteiger partial charge >= 0.3 is 5.97 Å². The van der Waals surface area contributed by atoms with Crippen LogP contribution in [0, 0.1) is 0 Å². The fourth-order valence-corrected chi connectivity index (χ4v) is 1.60. The van der Waals surface area contributed by atoms with Crippen molar-refractivity contribution in [3.8, 4) is 11.5 Å². The van der Waals surface area contributed by atoms with Crippen molar-refractivity contribution in [2.75, 3.05) is 21.3 Å². The summed E-state index contributed by atoms with van der Waals surface area (Å²) >= 11 is 5.95. The molecule has 1 aromatic rings. The number of benzene rings is 1. The fourth-order valence-electron chi connectivity index (χ4n) is 1.28. The summed E-state index contributed by atoms with van der Waals surface area (Å²) in [7, 11) is 3.90. The van der Waals surface area contributed by atoms with E-state index >= 15 is 0 Å². The molecule has 0 aromatic heterocycles. The van der Waals surface area contributed by atoms with Crippen LogP contribution < -0.4 is 9.47 Å². The highest BCUT2D eigenvalue weighted by Gasteiger charge is 2.24. The van der Waals surface area contributed by atoms with Crippen LogP contribution >= 0.6 is 11.6 Å². The van der Waals surface area contributed by atoms with Crippen LogP contribution in [-0.4, -0.2) is 33.1 Å². The van der Waals surface area contributed by atoms with Crippen LogP contribution in [0.5, 0.6) is 11.5 Å². The average molecular weight is 259 g/mol. The molecular weight excluding hydrogens is 248 g/mol. The van der Waals surface area contributed by atoms with E-state index in [0.29, 0.717) is 5.75 Å². The molecule has 17 heavy (non-hydrogen) atoms. The Labute approximate surface area is 103 Å². The zero-order valence-corrected chi connectivity index (χ0v) is 10.3. The third kappa shape index (κ3) is 2.50. The summed E-state index contributed by atoms with van der Waals surface area (Å²) in [5, 5.41) is 0.129. The predicted molar refractivity (Wildman–Crippen MR) is 60.9 cm³/mol. The minimum absolute atomic E-state index is 0.0325. The van der Waals surface area contributed by atoms with E-state index in [9.17, 15) is 9.59 Å². The SMILES string of the molecule is COC(=O)C(=O)c1ccc(OC)c(Cl)c1OC. The minimum Gasteiger partial charge on any atom is -0.495 e. The van der Waals surface area contributed by atoms with E-state index in [4.69, 9.17) is 21.1 Å². The van der Waals surface area contributed by atoms with Crippen molar-refractivity contribution in [1.29, 1.82) is 0 Å². The van der Waals surface area contributed by atoms with Crippen LogP contribution in [0.15, 0.2) is 12.1 Å². The average Bonchev–Trinajstić information content (AvgIpc) is 2.36. The number of hydrogen-bond donors (Lipinski definition) is 0. The first-order valence-electron chi connectivity index (χ1n) is 4.60. The van der Waals surface area contributed by atoms with Crippen molar-refractivity contribution in [1.82, 2.24) is 0 Å². The van der Waals surface area contributed by atoms with E-state index in [2.05, 4.69) is 4.74 Å². The number of hydrogen-bond acceptors (Lipinski definition) is 5. The molecule has 0 N–H and O–H groups in total. The Morgan fingerprint density at radius 1 is 1.12 bits per heavy atom. The van der Waals surface area contributed by atoms with Gasteiger partial charge in [-0.1, -0.05) is 11.6 Å². The lowest BCUT2D eigenvalue weighted by molar-refractivity contribution is -0.135. The van der Waals surface area contributed by atoms with Gasteiger partial charge in [0.2, 0.25) is 0 Å². The van der Waals surface area contributed by atoms with Gasteiger partial charge in [0.25, 0.3) is 5.78 Å². The Morgan fingerprint density at radius 3 is 2.24 bits per heavy atom. The molecule has 0 bridgehead atoms. The fraction of sp³-hybridized carbons (Fsp3) is 0.273. The van der Waals surface area contributed by atoms with E-state index in [1.165, 1.54) is 26.4 Å². The van der Waals surface area contributed by atoms with E-state index in [0.717, 1.165) is 7.11 Å². The Morgan fingerprint density at radius 2 is 1.76 bits per heavy atom. The lowest BCUT2D eigenvalue weighted by Gasteiger charge is -2.11. The summed E-state index contributed by atoms with van der Waals surface area (Å²) in [5.41, 5.74) is 0.0325. The van der Waals surface area contributed by atoms with Gasteiger partial charge in [-0.15, -0.1) is 0 Å². The quantitative estimate of drug-likeness (QED) is 0.467. The molecule has 0 heterocycles. The van der Waals surface area contributed by atoms with E-state index in [-0.39, 0.29) is 16.3 Å². The van der Waals surface area contributed by atoms with Gasteiger partial charge < -0.3 is 14.2 Å². The summed E-state index contributed by atoms with van der Waals surface area (Å²) in [6, 6.07) is 2.86. The topological polar surface area (TPSA) is 61.8 Å². The highest BCUT2D eigenvalue weighted by molar-refractivity contribution is 6.42. The first kappa shape index (κ1) is 13.3. The summed E-state index contributed by atoms with van der Waals surface area (Å²) in [6.07, 6.45) is 0. The molecule has 0 atom stereocenters. The van der Waals surface area contributed by atoms with E-state index in [1.807, 2.05) is 0 Å². The molecule has 0 spiro atoms. The van der Waals surface area contributed by atoms with Crippen molar-refractivity contribution in [2.24, 2.45) is 0 Å². The number of methoxy groups -OCH3 is 3. The molecule has 1 rings (SSSR count). The van der Waals surface area contributed by atoms with Gasteiger partial charge in [0.05, 0.1) is 26.9 Å². The zero-order valence-electron chi connectivity index (χ0n) is 9.57. The molecule has 6 heteroatoms.